The molecule has 19 heavy (non-hydrogen) atoms. The van der Waals surface area contributed by atoms with E-state index in [9.17, 15) is 5.11 Å². The standard InChI is InChI=1S/C15H23NO2S/c1-2-9-19-10-8-16-11-15(17)13-18-12-14-6-4-3-5-7-14/h2-7,15-17H,1,8-13H2. The lowest BCUT2D eigenvalue weighted by Gasteiger charge is -2.12. The van der Waals surface area contributed by atoms with E-state index < -0.39 is 6.10 Å². The summed E-state index contributed by atoms with van der Waals surface area (Å²) in [7, 11) is 0. The minimum atomic E-state index is -0.451. The van der Waals surface area contributed by atoms with Crippen molar-refractivity contribution in [1.29, 1.82) is 0 Å². The molecule has 0 bridgehead atoms. The number of thioether (sulfide) groups is 1. The van der Waals surface area contributed by atoms with E-state index in [0.29, 0.717) is 19.8 Å². The third kappa shape index (κ3) is 8.83. The van der Waals surface area contributed by atoms with Crippen molar-refractivity contribution in [2.24, 2.45) is 0 Å². The highest BCUT2D eigenvalue weighted by atomic mass is 32.2. The fourth-order valence-electron chi connectivity index (χ4n) is 1.53. The smallest absolute Gasteiger partial charge is 0.0897 e. The zero-order valence-corrected chi connectivity index (χ0v) is 12.1. The second-order valence-electron chi connectivity index (χ2n) is 4.22. The van der Waals surface area contributed by atoms with E-state index in [1.807, 2.05) is 48.2 Å². The van der Waals surface area contributed by atoms with Gasteiger partial charge in [-0.05, 0) is 5.56 Å². The molecule has 1 aromatic rings. The summed E-state index contributed by atoms with van der Waals surface area (Å²) in [4.78, 5) is 0. The zero-order valence-electron chi connectivity index (χ0n) is 11.3. The lowest BCUT2D eigenvalue weighted by Crippen LogP contribution is -2.31. The summed E-state index contributed by atoms with van der Waals surface area (Å²) in [5, 5.41) is 12.9. The van der Waals surface area contributed by atoms with Crippen LogP contribution in [0.5, 0.6) is 0 Å². The Morgan fingerprint density at radius 1 is 1.37 bits per heavy atom. The van der Waals surface area contributed by atoms with Gasteiger partial charge in [0.05, 0.1) is 19.3 Å². The minimum Gasteiger partial charge on any atom is -0.389 e. The van der Waals surface area contributed by atoms with Crippen LogP contribution in [0.15, 0.2) is 43.0 Å². The van der Waals surface area contributed by atoms with Gasteiger partial charge in [-0.1, -0.05) is 36.4 Å². The molecule has 0 aliphatic rings. The summed E-state index contributed by atoms with van der Waals surface area (Å²) in [6, 6.07) is 9.98. The molecule has 0 fully saturated rings. The van der Waals surface area contributed by atoms with Crippen molar-refractivity contribution in [3.8, 4) is 0 Å². The highest BCUT2D eigenvalue weighted by molar-refractivity contribution is 7.99. The Kier molecular flexibility index (Phi) is 9.45. The molecule has 3 nitrogen and oxygen atoms in total. The molecule has 0 saturated carbocycles. The summed E-state index contributed by atoms with van der Waals surface area (Å²) < 4.78 is 5.47. The van der Waals surface area contributed by atoms with Crippen LogP contribution in [0.1, 0.15) is 5.56 Å². The number of rotatable bonds is 11. The molecule has 1 atom stereocenters. The fourth-order valence-corrected chi connectivity index (χ4v) is 2.15. The van der Waals surface area contributed by atoms with Crippen molar-refractivity contribution >= 4 is 11.8 Å². The average Bonchev–Trinajstić information content (AvgIpc) is 2.44. The second-order valence-corrected chi connectivity index (χ2v) is 5.37. The normalized spacial score (nSPS) is 12.3. The van der Waals surface area contributed by atoms with E-state index in [-0.39, 0.29) is 0 Å². The van der Waals surface area contributed by atoms with Crippen LogP contribution < -0.4 is 5.32 Å². The van der Waals surface area contributed by atoms with E-state index in [2.05, 4.69) is 11.9 Å². The quantitative estimate of drug-likeness (QED) is 0.481. The molecular formula is C15H23NO2S. The first-order chi connectivity index (χ1) is 9.33. The van der Waals surface area contributed by atoms with Gasteiger partial charge in [0.2, 0.25) is 0 Å². The summed E-state index contributed by atoms with van der Waals surface area (Å²) in [6.45, 7) is 6.05. The maximum absolute atomic E-state index is 9.72. The molecule has 1 aromatic carbocycles. The van der Waals surface area contributed by atoms with Crippen LogP contribution in [-0.2, 0) is 11.3 Å². The van der Waals surface area contributed by atoms with Gasteiger partial charge in [0, 0.05) is 24.6 Å². The van der Waals surface area contributed by atoms with Crippen LogP contribution in [0, 0.1) is 0 Å². The Balaban J connectivity index is 1.96. The first-order valence-electron chi connectivity index (χ1n) is 6.52. The molecule has 0 aliphatic carbocycles. The van der Waals surface area contributed by atoms with E-state index in [1.54, 1.807) is 0 Å². The Morgan fingerprint density at radius 2 is 2.16 bits per heavy atom. The molecule has 1 unspecified atom stereocenters. The molecule has 4 heteroatoms. The SMILES string of the molecule is C=CCSCCNCC(O)COCc1ccccc1. The van der Waals surface area contributed by atoms with Gasteiger partial charge in [0.25, 0.3) is 0 Å². The first kappa shape index (κ1) is 16.2. The van der Waals surface area contributed by atoms with Crippen molar-refractivity contribution < 1.29 is 9.84 Å². The summed E-state index contributed by atoms with van der Waals surface area (Å²) in [5.74, 6) is 2.01. The lowest BCUT2D eigenvalue weighted by molar-refractivity contribution is 0.0291. The molecule has 106 valence electrons. The van der Waals surface area contributed by atoms with Crippen LogP contribution in [0.3, 0.4) is 0 Å². The van der Waals surface area contributed by atoms with Crippen molar-refractivity contribution in [3.05, 3.63) is 48.6 Å². The minimum absolute atomic E-state index is 0.363. The molecule has 0 amide bonds. The van der Waals surface area contributed by atoms with Crippen LogP contribution in [0.4, 0.5) is 0 Å². The van der Waals surface area contributed by atoms with E-state index in [4.69, 9.17) is 4.74 Å². The van der Waals surface area contributed by atoms with Crippen LogP contribution >= 0.6 is 11.8 Å². The number of aliphatic hydroxyl groups excluding tert-OH is 1. The number of hydrogen-bond donors (Lipinski definition) is 2. The molecule has 0 radical (unpaired) electrons. The highest BCUT2D eigenvalue weighted by Gasteiger charge is 2.03. The topological polar surface area (TPSA) is 41.5 Å². The molecule has 1 rings (SSSR count). The Labute approximate surface area is 120 Å². The number of nitrogens with one attached hydrogen (secondary N) is 1. The number of ether oxygens (including phenoxy) is 1. The fraction of sp³-hybridized carbons (Fsp3) is 0.467. The van der Waals surface area contributed by atoms with Gasteiger partial charge in [-0.15, -0.1) is 6.58 Å². The largest absolute Gasteiger partial charge is 0.389 e. The molecule has 0 aliphatic heterocycles. The monoisotopic (exact) mass is 281 g/mol. The van der Waals surface area contributed by atoms with Crippen molar-refractivity contribution in [3.63, 3.8) is 0 Å². The maximum Gasteiger partial charge on any atom is 0.0897 e. The molecule has 2 N–H and O–H groups in total. The predicted octanol–water partition coefficient (Wildman–Crippen LogP) is 2.07. The van der Waals surface area contributed by atoms with Crippen molar-refractivity contribution in [2.45, 2.75) is 12.7 Å². The third-order valence-corrected chi connectivity index (χ3v) is 3.42. The summed E-state index contributed by atoms with van der Waals surface area (Å²) in [6.07, 6.45) is 1.45. The van der Waals surface area contributed by atoms with E-state index in [1.165, 1.54) is 0 Å². The van der Waals surface area contributed by atoms with Crippen LogP contribution in [-0.4, -0.2) is 42.4 Å². The Hall–Kier alpha value is -0.810. The molecule has 0 spiro atoms. The van der Waals surface area contributed by atoms with Crippen molar-refractivity contribution in [2.75, 3.05) is 31.2 Å². The predicted molar refractivity (Wildman–Crippen MR) is 82.5 cm³/mol. The number of benzene rings is 1. The van der Waals surface area contributed by atoms with Gasteiger partial charge in [-0.2, -0.15) is 11.8 Å². The highest BCUT2D eigenvalue weighted by Crippen LogP contribution is 2.01. The Bertz CT molecular complexity index is 332. The van der Waals surface area contributed by atoms with E-state index in [0.717, 1.165) is 23.6 Å². The lowest BCUT2D eigenvalue weighted by atomic mass is 10.2. The summed E-state index contributed by atoms with van der Waals surface area (Å²) >= 11 is 1.83. The van der Waals surface area contributed by atoms with Gasteiger partial charge in [0.1, 0.15) is 0 Å². The van der Waals surface area contributed by atoms with Gasteiger partial charge >= 0.3 is 0 Å². The Morgan fingerprint density at radius 3 is 2.89 bits per heavy atom. The van der Waals surface area contributed by atoms with Gasteiger partial charge in [0.15, 0.2) is 0 Å². The van der Waals surface area contributed by atoms with Crippen molar-refractivity contribution in [1.82, 2.24) is 5.32 Å². The molecule has 0 saturated heterocycles. The maximum atomic E-state index is 9.72. The van der Waals surface area contributed by atoms with Gasteiger partial charge in [-0.3, -0.25) is 0 Å². The van der Waals surface area contributed by atoms with Gasteiger partial charge in [-0.25, -0.2) is 0 Å². The average molecular weight is 281 g/mol. The molecule has 0 aromatic heterocycles. The number of hydrogen-bond acceptors (Lipinski definition) is 4. The van der Waals surface area contributed by atoms with Gasteiger partial charge < -0.3 is 15.2 Å². The van der Waals surface area contributed by atoms with Crippen LogP contribution in [0.25, 0.3) is 0 Å². The molecular weight excluding hydrogens is 258 g/mol. The molecule has 0 heterocycles. The van der Waals surface area contributed by atoms with Crippen LogP contribution in [0.2, 0.25) is 0 Å². The van der Waals surface area contributed by atoms with E-state index >= 15 is 0 Å². The number of aliphatic hydroxyl groups is 1. The summed E-state index contributed by atoms with van der Waals surface area (Å²) in [5.41, 5.74) is 1.13. The first-order valence-corrected chi connectivity index (χ1v) is 7.67. The second kappa shape index (κ2) is 11.1. The zero-order chi connectivity index (χ0) is 13.8. The third-order valence-electron chi connectivity index (χ3n) is 2.46.